The summed E-state index contributed by atoms with van der Waals surface area (Å²) in [6.45, 7) is 2.32. The Hall–Kier alpha value is -5.34. The molecule has 3 unspecified atom stereocenters. The predicted octanol–water partition coefficient (Wildman–Crippen LogP) is 4.39. The highest BCUT2D eigenvalue weighted by Gasteiger charge is 2.38. The van der Waals surface area contributed by atoms with E-state index in [0.717, 1.165) is 26.8 Å². The molecule has 12 nitrogen and oxygen atoms in total. The van der Waals surface area contributed by atoms with Gasteiger partial charge in [0.25, 0.3) is 0 Å². The standard InChI is InChI=1S/C41H45ClFN5O7S/c1-25-9-11-27(12-10-25)23-44-38(52)32(20-26-13-15-29(43)16-14-26)46-39(53)33(21-28-24-56-35-8-3-2-6-30(28)35)47-40(54)34-7-4-5-19-48(34)41(55)31(17-18-37(50)51)45-36(49)22-42/h2-3,6,8-16,24,31-34H,4-5,7,17-23H2,1H3,(H,44,52)(H,45,49)(H,46,53)(H,47,54)(H,50,51)/t31?,32?,33?,34-/m0/s1. The zero-order valence-corrected chi connectivity index (χ0v) is 32.5. The van der Waals surface area contributed by atoms with E-state index in [4.69, 9.17) is 11.6 Å². The summed E-state index contributed by atoms with van der Waals surface area (Å²) < 4.78 is 14.8. The highest BCUT2D eigenvalue weighted by molar-refractivity contribution is 7.17. The van der Waals surface area contributed by atoms with Gasteiger partial charge < -0.3 is 31.3 Å². The molecule has 2 heterocycles. The Balaban J connectivity index is 1.41. The van der Waals surface area contributed by atoms with Crippen LogP contribution in [0.15, 0.2) is 78.2 Å². The quantitative estimate of drug-likeness (QED) is 0.0985. The Morgan fingerprint density at radius 2 is 1.55 bits per heavy atom. The first-order valence-corrected chi connectivity index (χ1v) is 19.8. The smallest absolute Gasteiger partial charge is 0.303 e. The van der Waals surface area contributed by atoms with Gasteiger partial charge >= 0.3 is 5.97 Å². The molecule has 0 radical (unpaired) electrons. The van der Waals surface area contributed by atoms with Crippen molar-refractivity contribution in [2.45, 2.75) is 82.6 Å². The van der Waals surface area contributed by atoms with Crippen molar-refractivity contribution < 1.29 is 38.3 Å². The number of piperidine rings is 1. The van der Waals surface area contributed by atoms with Crippen molar-refractivity contribution in [3.8, 4) is 0 Å². The van der Waals surface area contributed by atoms with E-state index < -0.39 is 77.8 Å². The maximum absolute atomic E-state index is 14.4. The third kappa shape index (κ3) is 11.6. The number of nitrogens with zero attached hydrogens (tertiary/aromatic N) is 1. The van der Waals surface area contributed by atoms with Gasteiger partial charge in [0.05, 0.1) is 0 Å². The van der Waals surface area contributed by atoms with E-state index in [9.17, 15) is 38.3 Å². The van der Waals surface area contributed by atoms with Crippen molar-refractivity contribution in [3.63, 3.8) is 0 Å². The number of amides is 5. The van der Waals surface area contributed by atoms with E-state index in [-0.39, 0.29) is 38.8 Å². The number of carboxylic acid groups (broad SMARTS) is 1. The molecule has 5 amide bonds. The van der Waals surface area contributed by atoms with Crippen LogP contribution in [0.2, 0.25) is 0 Å². The van der Waals surface area contributed by atoms with Crippen molar-refractivity contribution in [1.29, 1.82) is 0 Å². The lowest BCUT2D eigenvalue weighted by Crippen LogP contribution is -2.61. The third-order valence-corrected chi connectivity index (χ3v) is 10.9. The Kier molecular flexibility index (Phi) is 14.9. The van der Waals surface area contributed by atoms with Gasteiger partial charge in [-0.2, -0.15) is 0 Å². The van der Waals surface area contributed by atoms with Gasteiger partial charge in [0, 0.05) is 37.1 Å². The van der Waals surface area contributed by atoms with Crippen LogP contribution in [0.3, 0.4) is 0 Å². The number of thiophene rings is 1. The average Bonchev–Trinajstić information content (AvgIpc) is 3.61. The lowest BCUT2D eigenvalue weighted by atomic mass is 9.97. The van der Waals surface area contributed by atoms with Crippen molar-refractivity contribution >= 4 is 68.5 Å². The van der Waals surface area contributed by atoms with Gasteiger partial charge in [-0.3, -0.25) is 28.8 Å². The second-order valence-corrected chi connectivity index (χ2v) is 15.0. The van der Waals surface area contributed by atoms with Crippen LogP contribution in [0, 0.1) is 12.7 Å². The molecule has 0 saturated carbocycles. The first-order chi connectivity index (χ1) is 26.9. The number of hydrogen-bond donors (Lipinski definition) is 5. The molecule has 1 aliphatic rings. The molecule has 0 aliphatic carbocycles. The Morgan fingerprint density at radius 3 is 2.27 bits per heavy atom. The number of hydrogen-bond acceptors (Lipinski definition) is 7. The largest absolute Gasteiger partial charge is 0.481 e. The predicted molar refractivity (Wildman–Crippen MR) is 211 cm³/mol. The summed E-state index contributed by atoms with van der Waals surface area (Å²) in [6.07, 6.45) is 0.906. The first-order valence-electron chi connectivity index (χ1n) is 18.4. The summed E-state index contributed by atoms with van der Waals surface area (Å²) in [7, 11) is 0. The molecule has 56 heavy (non-hydrogen) atoms. The number of fused-ring (bicyclic) bond motifs is 1. The second-order valence-electron chi connectivity index (χ2n) is 13.8. The average molecular weight is 806 g/mol. The van der Waals surface area contributed by atoms with Gasteiger partial charge in [0.2, 0.25) is 29.5 Å². The summed E-state index contributed by atoms with van der Waals surface area (Å²) in [5.41, 5.74) is 3.30. The molecule has 4 atom stereocenters. The van der Waals surface area contributed by atoms with Gasteiger partial charge in [-0.15, -0.1) is 22.9 Å². The fourth-order valence-electron chi connectivity index (χ4n) is 6.67. The number of benzene rings is 3. The maximum Gasteiger partial charge on any atom is 0.303 e. The van der Waals surface area contributed by atoms with Crippen LogP contribution >= 0.6 is 22.9 Å². The topological polar surface area (TPSA) is 174 Å². The van der Waals surface area contributed by atoms with Crippen LogP contribution in [-0.4, -0.2) is 82.1 Å². The fraction of sp³-hybridized carbons (Fsp3) is 0.366. The lowest BCUT2D eigenvalue weighted by Gasteiger charge is -2.37. The molecule has 296 valence electrons. The molecule has 0 spiro atoms. The minimum atomic E-state index is -1.23. The summed E-state index contributed by atoms with van der Waals surface area (Å²) in [4.78, 5) is 81.1. The van der Waals surface area contributed by atoms with Crippen LogP contribution in [0.4, 0.5) is 4.39 Å². The number of alkyl halides is 1. The number of nitrogens with one attached hydrogen (secondary N) is 4. The van der Waals surface area contributed by atoms with Gasteiger partial charge in [0.15, 0.2) is 0 Å². The number of halogens is 2. The normalized spacial score (nSPS) is 15.6. The molecule has 5 N–H and O–H groups in total. The Bertz CT molecular complexity index is 2030. The molecule has 1 aromatic heterocycles. The monoisotopic (exact) mass is 805 g/mol. The number of aryl methyl sites for hydroxylation is 1. The number of likely N-dealkylation sites (tertiary alicyclic amines) is 1. The van der Waals surface area contributed by atoms with E-state index in [1.807, 2.05) is 60.8 Å². The van der Waals surface area contributed by atoms with Crippen molar-refractivity contribution in [3.05, 3.63) is 106 Å². The molecular weight excluding hydrogens is 761 g/mol. The molecule has 5 rings (SSSR count). The van der Waals surface area contributed by atoms with Gasteiger partial charge in [-0.05, 0) is 78.3 Å². The molecule has 4 aromatic rings. The van der Waals surface area contributed by atoms with Crippen LogP contribution in [0.25, 0.3) is 10.1 Å². The maximum atomic E-state index is 14.4. The SMILES string of the molecule is Cc1ccc(CNC(=O)C(Cc2ccc(F)cc2)NC(=O)C(Cc2csc3ccccc23)NC(=O)[C@@H]2CCCCN2C(=O)C(CCC(=O)O)NC(=O)CCl)cc1. The molecular formula is C41H45ClFN5O7S. The molecule has 1 fully saturated rings. The zero-order valence-electron chi connectivity index (χ0n) is 30.9. The van der Waals surface area contributed by atoms with E-state index >= 15 is 0 Å². The van der Waals surface area contributed by atoms with Crippen LogP contribution in [0.5, 0.6) is 0 Å². The van der Waals surface area contributed by atoms with Crippen LogP contribution in [0.1, 0.15) is 54.4 Å². The summed E-state index contributed by atoms with van der Waals surface area (Å²) in [6, 6.07) is 16.3. The molecule has 0 bridgehead atoms. The third-order valence-electron chi connectivity index (χ3n) is 9.68. The molecule has 1 saturated heterocycles. The number of carbonyl (C=O) groups excluding carboxylic acids is 5. The molecule has 3 aromatic carbocycles. The van der Waals surface area contributed by atoms with Gasteiger partial charge in [-0.25, -0.2) is 4.39 Å². The summed E-state index contributed by atoms with van der Waals surface area (Å²) in [5, 5.41) is 23.2. The van der Waals surface area contributed by atoms with Crippen molar-refractivity contribution in [2.24, 2.45) is 0 Å². The molecule has 1 aliphatic heterocycles. The van der Waals surface area contributed by atoms with Crippen LogP contribution < -0.4 is 21.3 Å². The highest BCUT2D eigenvalue weighted by atomic mass is 35.5. The Labute approximate surface area is 333 Å². The Morgan fingerprint density at radius 1 is 0.857 bits per heavy atom. The number of rotatable bonds is 17. The minimum Gasteiger partial charge on any atom is -0.481 e. The number of carbonyl (C=O) groups is 6. The summed E-state index contributed by atoms with van der Waals surface area (Å²) in [5.74, 6) is -5.08. The van der Waals surface area contributed by atoms with E-state index in [0.29, 0.717) is 18.4 Å². The van der Waals surface area contributed by atoms with E-state index in [1.54, 1.807) is 0 Å². The lowest BCUT2D eigenvalue weighted by molar-refractivity contribution is -0.146. The fourth-order valence-corrected chi connectivity index (χ4v) is 7.72. The zero-order chi connectivity index (χ0) is 40.2. The number of aliphatic carboxylic acids is 1. The van der Waals surface area contributed by atoms with Gasteiger partial charge in [0.1, 0.15) is 35.9 Å². The number of carboxylic acids is 1. The second kappa shape index (κ2) is 20.0. The van der Waals surface area contributed by atoms with Gasteiger partial charge in [-0.1, -0.05) is 60.2 Å². The minimum absolute atomic E-state index is 0.0322. The van der Waals surface area contributed by atoms with Crippen LogP contribution in [-0.2, 0) is 48.2 Å². The highest BCUT2D eigenvalue weighted by Crippen LogP contribution is 2.27. The van der Waals surface area contributed by atoms with E-state index in [1.165, 1.54) is 40.5 Å². The molecule has 15 heteroatoms. The van der Waals surface area contributed by atoms with E-state index in [2.05, 4.69) is 21.3 Å². The summed E-state index contributed by atoms with van der Waals surface area (Å²) >= 11 is 7.16. The van der Waals surface area contributed by atoms with Crippen molar-refractivity contribution in [1.82, 2.24) is 26.2 Å². The first kappa shape index (κ1) is 41.8. The van der Waals surface area contributed by atoms with Crippen molar-refractivity contribution in [2.75, 3.05) is 12.4 Å².